The number of rotatable bonds is 4. The molecule has 0 aliphatic carbocycles. The van der Waals surface area contributed by atoms with Crippen LogP contribution < -0.4 is 19.8 Å². The maximum absolute atomic E-state index is 4.82. The van der Waals surface area contributed by atoms with Crippen LogP contribution in [0.25, 0.3) is 66.4 Å². The summed E-state index contributed by atoms with van der Waals surface area (Å²) in [6.45, 7) is 16.9. The topological polar surface area (TPSA) is 66.9 Å². The van der Waals surface area contributed by atoms with E-state index in [0.717, 1.165) is 55.9 Å². The number of aryl methyl sites for hydroxylation is 6. The Balaban J connectivity index is 0.000000142. The number of para-hydroxylation sites is 4. The van der Waals surface area contributed by atoms with Crippen LogP contribution in [-0.2, 0) is 42.1 Å². The molecule has 70 heavy (non-hydrogen) atoms. The molecule has 0 bridgehead atoms. The van der Waals surface area contributed by atoms with Crippen molar-refractivity contribution in [2.45, 2.75) is 41.5 Å². The summed E-state index contributed by atoms with van der Waals surface area (Å²) >= 11 is 0. The predicted octanol–water partition coefficient (Wildman–Crippen LogP) is 13.5. The first-order chi connectivity index (χ1) is 33.0. The van der Waals surface area contributed by atoms with Gasteiger partial charge in [0.25, 0.3) is 0 Å². The molecule has 6 aromatic carbocycles. The first-order valence-electron chi connectivity index (χ1n) is 22.8. The molecule has 0 unspecified atom stereocenters. The Morgan fingerprint density at radius 2 is 0.800 bits per heavy atom. The fourth-order valence-corrected chi connectivity index (χ4v) is 9.03. The number of pyridine rings is 2. The molecule has 2 aliphatic heterocycles. The molecule has 0 amide bonds. The van der Waals surface area contributed by atoms with E-state index >= 15 is 0 Å². The maximum Gasteiger partial charge on any atom is 0 e. The molecule has 0 N–H and O–H groups in total. The molecule has 0 saturated heterocycles. The van der Waals surface area contributed by atoms with Gasteiger partial charge in [-0.1, -0.05) is 119 Å². The number of fused-ring (bicyclic) bond motifs is 6. The van der Waals surface area contributed by atoms with Crippen molar-refractivity contribution in [2.24, 2.45) is 0 Å². The van der Waals surface area contributed by atoms with Crippen molar-refractivity contribution < 1.29 is 42.1 Å². The third-order valence-electron chi connectivity index (χ3n) is 11.9. The SMILES string of the molecule is CN1C=CN(c2[c-]cccc2)[CH-]1.CN1C=CN(c2[c-]cccc2)[CH-]1.Cc1cc(C)c(-c2ccc3c(n2)[n-]c2ccccc23)c(C)c1.Cc1cc(C)c(-c2ccc3c(n2)[n-]c2ccccc23)c(C)c1.[Pt].[Pt]. The molecule has 8 nitrogen and oxygen atoms in total. The van der Waals surface area contributed by atoms with Gasteiger partial charge >= 0.3 is 0 Å². The fraction of sp³-hybridized carbons (Fsp3) is 0.133. The Kier molecular flexibility index (Phi) is 16.7. The van der Waals surface area contributed by atoms with Gasteiger partial charge in [-0.3, -0.25) is 0 Å². The summed E-state index contributed by atoms with van der Waals surface area (Å²) in [4.78, 5) is 27.0. The van der Waals surface area contributed by atoms with E-state index < -0.39 is 0 Å². The van der Waals surface area contributed by atoms with Gasteiger partial charge in [-0.05, 0) is 158 Å². The third kappa shape index (κ3) is 11.5. The summed E-state index contributed by atoms with van der Waals surface area (Å²) in [7, 11) is 4.00. The summed E-state index contributed by atoms with van der Waals surface area (Å²) in [5, 5.41) is 4.60. The van der Waals surface area contributed by atoms with Gasteiger partial charge in [0.2, 0.25) is 0 Å². The normalized spacial score (nSPS) is 12.6. The van der Waals surface area contributed by atoms with E-state index in [9.17, 15) is 0 Å². The quantitative estimate of drug-likeness (QED) is 0.162. The molecule has 6 heterocycles. The van der Waals surface area contributed by atoms with Crippen molar-refractivity contribution in [3.05, 3.63) is 229 Å². The van der Waals surface area contributed by atoms with Crippen LogP contribution in [0.2, 0.25) is 0 Å². The Morgan fingerprint density at radius 1 is 0.429 bits per heavy atom. The van der Waals surface area contributed by atoms with E-state index in [1.54, 1.807) is 0 Å². The summed E-state index contributed by atoms with van der Waals surface area (Å²) in [6, 6.07) is 55.9. The zero-order chi connectivity index (χ0) is 47.3. The zero-order valence-corrected chi connectivity index (χ0v) is 45.1. The van der Waals surface area contributed by atoms with Gasteiger partial charge in [0.15, 0.2) is 0 Å². The minimum absolute atomic E-state index is 0. The second kappa shape index (κ2) is 22.8. The number of hydrogen-bond acceptors (Lipinski definition) is 6. The number of benzene rings is 6. The first kappa shape index (κ1) is 51.1. The van der Waals surface area contributed by atoms with Crippen molar-refractivity contribution >= 4 is 55.2 Å². The third-order valence-corrected chi connectivity index (χ3v) is 11.9. The van der Waals surface area contributed by atoms with Crippen LogP contribution in [0.3, 0.4) is 0 Å². The molecule has 360 valence electrons. The van der Waals surface area contributed by atoms with Gasteiger partial charge in [0.05, 0.1) is 0 Å². The van der Waals surface area contributed by atoms with Crippen LogP contribution in [0.4, 0.5) is 11.4 Å². The van der Waals surface area contributed by atoms with Crippen molar-refractivity contribution in [2.75, 3.05) is 23.9 Å². The molecule has 0 radical (unpaired) electrons. The van der Waals surface area contributed by atoms with E-state index in [2.05, 4.69) is 124 Å². The minimum atomic E-state index is 0. The summed E-state index contributed by atoms with van der Waals surface area (Å²) < 4.78 is 0. The van der Waals surface area contributed by atoms with Crippen LogP contribution >= 0.6 is 0 Å². The number of aromatic nitrogens is 4. The molecule has 0 fully saturated rings. The number of hydrogen-bond donors (Lipinski definition) is 0. The Morgan fingerprint density at radius 3 is 1.14 bits per heavy atom. The van der Waals surface area contributed by atoms with Crippen LogP contribution in [0.1, 0.15) is 33.4 Å². The Hall–Kier alpha value is -6.72. The average Bonchev–Trinajstić information content (AvgIpc) is 4.14. The molecular weight excluding hydrogens is 1220 g/mol. The van der Waals surface area contributed by atoms with E-state index in [-0.39, 0.29) is 42.1 Å². The largest absolute Gasteiger partial charge is 0.510 e. The molecule has 12 rings (SSSR count). The van der Waals surface area contributed by atoms with E-state index in [4.69, 9.17) is 9.97 Å². The fourth-order valence-electron chi connectivity index (χ4n) is 9.03. The number of nitrogens with zero attached hydrogens (tertiary/aromatic N) is 8. The van der Waals surface area contributed by atoms with E-state index in [1.165, 1.54) is 55.3 Å². The second-order valence-electron chi connectivity index (χ2n) is 17.4. The molecule has 2 aliphatic rings. The smallest absolute Gasteiger partial charge is 0 e. The standard InChI is InChI=1S/2C20H17N2.2C10H10N2.2Pt/c2*1-12-10-13(2)19(14(3)11-12)18-9-8-16-15-6-4-5-7-17(15)21-20(16)22-18;2*1-11-7-8-12(9-11)10-5-3-2-4-6-10;;/h2*4-11H,1-3H3;2*2-5,7-9H,1H3;;/q2*-1;2*-2;;. The summed E-state index contributed by atoms with van der Waals surface area (Å²) in [5.41, 5.74) is 17.9. The van der Waals surface area contributed by atoms with Crippen LogP contribution in [0, 0.1) is 67.0 Å². The summed E-state index contributed by atoms with van der Waals surface area (Å²) in [5.74, 6) is 0. The van der Waals surface area contributed by atoms with E-state index in [0.29, 0.717) is 0 Å². The van der Waals surface area contributed by atoms with Crippen LogP contribution in [0.5, 0.6) is 0 Å². The molecule has 10 heteroatoms. The van der Waals surface area contributed by atoms with Gasteiger partial charge < -0.3 is 39.5 Å². The Labute approximate surface area is 441 Å². The van der Waals surface area contributed by atoms with Crippen LogP contribution in [-0.4, -0.2) is 33.9 Å². The molecule has 0 saturated carbocycles. The molecule has 10 aromatic rings. The monoisotopic (exact) mass is 1280 g/mol. The van der Waals surface area contributed by atoms with Crippen molar-refractivity contribution in [3.8, 4) is 22.5 Å². The van der Waals surface area contributed by atoms with E-state index in [1.807, 2.05) is 157 Å². The zero-order valence-electron chi connectivity index (χ0n) is 40.5. The van der Waals surface area contributed by atoms with Gasteiger partial charge in [-0.25, -0.2) is 0 Å². The summed E-state index contributed by atoms with van der Waals surface area (Å²) in [6.07, 6.45) is 8.01. The number of anilines is 2. The predicted molar refractivity (Wildman–Crippen MR) is 282 cm³/mol. The molecular formula is C60H54N8Pt2-6. The van der Waals surface area contributed by atoms with Crippen LogP contribution in [0.15, 0.2) is 170 Å². The second-order valence-corrected chi connectivity index (χ2v) is 17.4. The van der Waals surface area contributed by atoms with Gasteiger partial charge in [0.1, 0.15) is 0 Å². The van der Waals surface area contributed by atoms with Crippen molar-refractivity contribution in [1.82, 2.24) is 29.7 Å². The van der Waals surface area contributed by atoms with Crippen molar-refractivity contribution in [1.29, 1.82) is 0 Å². The molecule has 4 aromatic heterocycles. The first-order valence-corrected chi connectivity index (χ1v) is 22.8. The minimum Gasteiger partial charge on any atom is -0.510 e. The Bertz CT molecular complexity index is 3160. The van der Waals surface area contributed by atoms with Gasteiger partial charge in [-0.15, -0.1) is 11.4 Å². The molecule has 0 spiro atoms. The maximum atomic E-state index is 4.82. The molecule has 0 atom stereocenters. The average molecular weight is 1280 g/mol. The van der Waals surface area contributed by atoms with Gasteiger partial charge in [0, 0.05) is 42.1 Å². The van der Waals surface area contributed by atoms with Gasteiger partial charge in [-0.2, -0.15) is 74.0 Å². The van der Waals surface area contributed by atoms with Crippen molar-refractivity contribution in [3.63, 3.8) is 0 Å².